The summed E-state index contributed by atoms with van der Waals surface area (Å²) < 4.78 is 24.2. The van der Waals surface area contributed by atoms with Crippen molar-refractivity contribution in [3.8, 4) is 0 Å². The molecule has 11 heavy (non-hydrogen) atoms. The molecule has 1 radical (unpaired) electrons. The van der Waals surface area contributed by atoms with Gasteiger partial charge in [0.05, 0.1) is 0 Å². The number of hydrogen-bond acceptors (Lipinski definition) is 0. The molecule has 0 heterocycles. The van der Waals surface area contributed by atoms with Crippen molar-refractivity contribution in [2.45, 2.75) is 19.3 Å². The van der Waals surface area contributed by atoms with Crippen LogP contribution in [-0.4, -0.2) is 6.43 Å². The maximum atomic E-state index is 12.1. The van der Waals surface area contributed by atoms with Crippen LogP contribution in [0.3, 0.4) is 0 Å². The molecule has 2 heteroatoms. The lowest BCUT2D eigenvalue weighted by atomic mass is 10.0. The SMILES string of the molecule is C[C@@H](c1cc[c]cc1)C(F)F. The fraction of sp³-hybridized carbons (Fsp3) is 0.333. The minimum Gasteiger partial charge on any atom is -0.210 e. The molecule has 0 N–H and O–H groups in total. The van der Waals surface area contributed by atoms with E-state index in [0.717, 1.165) is 0 Å². The summed E-state index contributed by atoms with van der Waals surface area (Å²) in [4.78, 5) is 0. The van der Waals surface area contributed by atoms with Crippen molar-refractivity contribution < 1.29 is 8.78 Å². The van der Waals surface area contributed by atoms with E-state index in [-0.39, 0.29) is 0 Å². The van der Waals surface area contributed by atoms with Gasteiger partial charge < -0.3 is 0 Å². The Kier molecular flexibility index (Phi) is 2.58. The van der Waals surface area contributed by atoms with Gasteiger partial charge in [0.25, 0.3) is 0 Å². The van der Waals surface area contributed by atoms with Crippen molar-refractivity contribution in [3.63, 3.8) is 0 Å². The molecule has 0 aromatic heterocycles. The van der Waals surface area contributed by atoms with Gasteiger partial charge in [-0.1, -0.05) is 31.2 Å². The summed E-state index contributed by atoms with van der Waals surface area (Å²) in [5, 5.41) is 0. The number of alkyl halides is 2. The van der Waals surface area contributed by atoms with Crippen LogP contribution < -0.4 is 0 Å². The molecule has 0 spiro atoms. The van der Waals surface area contributed by atoms with Gasteiger partial charge in [-0.2, -0.15) is 0 Å². The average Bonchev–Trinajstić information content (AvgIpc) is 2.05. The Morgan fingerprint density at radius 2 is 1.82 bits per heavy atom. The Hall–Kier alpha value is -0.920. The number of rotatable bonds is 2. The zero-order chi connectivity index (χ0) is 8.27. The average molecular weight is 155 g/mol. The zero-order valence-electron chi connectivity index (χ0n) is 6.22. The second kappa shape index (κ2) is 3.46. The van der Waals surface area contributed by atoms with Crippen LogP contribution >= 0.6 is 0 Å². The van der Waals surface area contributed by atoms with Crippen molar-refractivity contribution >= 4 is 0 Å². The van der Waals surface area contributed by atoms with E-state index in [9.17, 15) is 8.78 Å². The minimum absolute atomic E-state index is 0.666. The summed E-state index contributed by atoms with van der Waals surface area (Å²) in [5.41, 5.74) is 0.666. The van der Waals surface area contributed by atoms with Crippen LogP contribution in [0.1, 0.15) is 18.4 Å². The molecule has 0 unspecified atom stereocenters. The van der Waals surface area contributed by atoms with Gasteiger partial charge in [-0.3, -0.25) is 0 Å². The number of benzene rings is 1. The smallest absolute Gasteiger partial charge is 0.210 e. The lowest BCUT2D eigenvalue weighted by molar-refractivity contribution is 0.121. The van der Waals surface area contributed by atoms with Gasteiger partial charge in [-0.05, 0) is 11.6 Å². The third kappa shape index (κ3) is 2.00. The Balaban J connectivity index is 2.77. The molecule has 0 amide bonds. The van der Waals surface area contributed by atoms with E-state index < -0.39 is 12.3 Å². The van der Waals surface area contributed by atoms with Gasteiger partial charge in [-0.15, -0.1) is 0 Å². The first kappa shape index (κ1) is 8.18. The van der Waals surface area contributed by atoms with Crippen LogP contribution in [0.4, 0.5) is 8.78 Å². The van der Waals surface area contributed by atoms with Crippen molar-refractivity contribution in [3.05, 3.63) is 35.9 Å². The second-order valence-electron chi connectivity index (χ2n) is 2.46. The van der Waals surface area contributed by atoms with Crippen LogP contribution in [0, 0.1) is 6.07 Å². The zero-order valence-corrected chi connectivity index (χ0v) is 6.22. The maximum Gasteiger partial charge on any atom is 0.245 e. The highest BCUT2D eigenvalue weighted by Crippen LogP contribution is 2.21. The summed E-state index contributed by atoms with van der Waals surface area (Å²) in [6.07, 6.45) is -2.28. The van der Waals surface area contributed by atoms with Gasteiger partial charge >= 0.3 is 0 Å². The topological polar surface area (TPSA) is 0 Å². The molecule has 1 atom stereocenters. The molecule has 0 nitrogen and oxygen atoms in total. The Labute approximate surface area is 64.9 Å². The second-order valence-corrected chi connectivity index (χ2v) is 2.46. The van der Waals surface area contributed by atoms with Crippen molar-refractivity contribution in [1.29, 1.82) is 0 Å². The summed E-state index contributed by atoms with van der Waals surface area (Å²) in [6, 6.07) is 9.40. The van der Waals surface area contributed by atoms with E-state index in [4.69, 9.17) is 0 Å². The highest BCUT2D eigenvalue weighted by atomic mass is 19.3. The third-order valence-electron chi connectivity index (χ3n) is 1.65. The van der Waals surface area contributed by atoms with E-state index in [0.29, 0.717) is 5.56 Å². The molecule has 0 aliphatic rings. The monoisotopic (exact) mass is 155 g/mol. The van der Waals surface area contributed by atoms with Crippen LogP contribution in [0.15, 0.2) is 24.3 Å². The van der Waals surface area contributed by atoms with Crippen LogP contribution in [0.5, 0.6) is 0 Å². The molecular weight excluding hydrogens is 146 g/mol. The normalized spacial score (nSPS) is 13.5. The van der Waals surface area contributed by atoms with E-state index >= 15 is 0 Å². The predicted octanol–water partition coefficient (Wildman–Crippen LogP) is 2.86. The molecule has 1 aromatic rings. The lowest BCUT2D eigenvalue weighted by Gasteiger charge is -2.08. The molecule has 59 valence electrons. The Morgan fingerprint density at radius 3 is 2.27 bits per heavy atom. The highest BCUT2D eigenvalue weighted by Gasteiger charge is 2.15. The summed E-state index contributed by atoms with van der Waals surface area (Å²) in [7, 11) is 0. The number of halogens is 2. The molecule has 0 bridgehead atoms. The molecule has 1 rings (SSSR count). The van der Waals surface area contributed by atoms with Crippen LogP contribution in [0.25, 0.3) is 0 Å². The summed E-state index contributed by atoms with van der Waals surface area (Å²) in [6.45, 7) is 1.51. The largest absolute Gasteiger partial charge is 0.245 e. The van der Waals surface area contributed by atoms with Crippen LogP contribution in [-0.2, 0) is 0 Å². The molecule has 0 aliphatic carbocycles. The van der Waals surface area contributed by atoms with Gasteiger partial charge in [0, 0.05) is 5.92 Å². The maximum absolute atomic E-state index is 12.1. The Morgan fingerprint density at radius 1 is 1.27 bits per heavy atom. The van der Waals surface area contributed by atoms with Crippen molar-refractivity contribution in [2.75, 3.05) is 0 Å². The van der Waals surface area contributed by atoms with Crippen LogP contribution in [0.2, 0.25) is 0 Å². The standard InChI is InChI=1S/C9H9F2/c1-7(9(10)11)8-5-3-2-4-6-8/h3-7,9H,1H3/t7-/m0/s1. The quantitative estimate of drug-likeness (QED) is 0.616. The first-order chi connectivity index (χ1) is 5.22. The predicted molar refractivity (Wildman–Crippen MR) is 39.7 cm³/mol. The highest BCUT2D eigenvalue weighted by molar-refractivity contribution is 5.18. The first-order valence-corrected chi connectivity index (χ1v) is 3.46. The van der Waals surface area contributed by atoms with Gasteiger partial charge in [0.15, 0.2) is 0 Å². The van der Waals surface area contributed by atoms with E-state index in [1.165, 1.54) is 6.92 Å². The fourth-order valence-corrected chi connectivity index (χ4v) is 0.849. The van der Waals surface area contributed by atoms with Crippen molar-refractivity contribution in [2.24, 2.45) is 0 Å². The van der Waals surface area contributed by atoms with E-state index in [1.807, 2.05) is 0 Å². The van der Waals surface area contributed by atoms with Crippen molar-refractivity contribution in [1.82, 2.24) is 0 Å². The molecule has 0 fully saturated rings. The number of hydrogen-bond donors (Lipinski definition) is 0. The van der Waals surface area contributed by atoms with Gasteiger partial charge in [0.1, 0.15) is 0 Å². The third-order valence-corrected chi connectivity index (χ3v) is 1.65. The summed E-state index contributed by atoms with van der Waals surface area (Å²) in [5.74, 6) is -0.676. The summed E-state index contributed by atoms with van der Waals surface area (Å²) >= 11 is 0. The Bertz CT molecular complexity index is 206. The molecule has 1 aromatic carbocycles. The fourth-order valence-electron chi connectivity index (χ4n) is 0.849. The molecule has 0 aliphatic heterocycles. The van der Waals surface area contributed by atoms with E-state index in [1.54, 1.807) is 24.3 Å². The van der Waals surface area contributed by atoms with Gasteiger partial charge in [-0.25, -0.2) is 8.78 Å². The van der Waals surface area contributed by atoms with E-state index in [2.05, 4.69) is 6.07 Å². The lowest BCUT2D eigenvalue weighted by Crippen LogP contribution is -2.03. The van der Waals surface area contributed by atoms with Gasteiger partial charge in [0.2, 0.25) is 6.43 Å². The molecular formula is C9H9F2. The molecule has 0 saturated carbocycles. The minimum atomic E-state index is -2.28. The first-order valence-electron chi connectivity index (χ1n) is 3.46. The molecule has 0 saturated heterocycles.